The molecule has 0 saturated carbocycles. The maximum atomic E-state index is 10.9. The number of benzene rings is 1. The van der Waals surface area contributed by atoms with Gasteiger partial charge in [-0.05, 0) is 24.3 Å². The molecule has 4 aromatic rings. The van der Waals surface area contributed by atoms with Crippen LogP contribution in [0.1, 0.15) is 29.4 Å². The van der Waals surface area contributed by atoms with Gasteiger partial charge in [0.1, 0.15) is 4.88 Å². The van der Waals surface area contributed by atoms with Crippen molar-refractivity contribution in [2.24, 2.45) is 0 Å². The van der Waals surface area contributed by atoms with Crippen LogP contribution in [0.3, 0.4) is 0 Å². The van der Waals surface area contributed by atoms with Crippen molar-refractivity contribution in [3.63, 3.8) is 0 Å². The summed E-state index contributed by atoms with van der Waals surface area (Å²) in [7, 11) is 0. The number of nitrogens with one attached hydrogen (secondary N) is 1. The Morgan fingerprint density at radius 3 is 2.62 bits per heavy atom. The lowest BCUT2D eigenvalue weighted by atomic mass is 10.1. The zero-order chi connectivity index (χ0) is 19.8. The number of anilines is 1. The second kappa shape index (κ2) is 7.53. The first-order valence-electron chi connectivity index (χ1n) is 10.00. The highest BCUT2D eigenvalue weighted by Gasteiger charge is 2.36. The fourth-order valence-corrected chi connectivity index (χ4v) is 5.22. The molecule has 0 radical (unpaired) electrons. The van der Waals surface area contributed by atoms with Gasteiger partial charge in [0.2, 0.25) is 10.8 Å². The van der Waals surface area contributed by atoms with Crippen molar-refractivity contribution in [1.29, 1.82) is 0 Å². The van der Waals surface area contributed by atoms with Crippen LogP contribution in [-0.2, 0) is 6.42 Å². The normalized spacial score (nSPS) is 16.5. The van der Waals surface area contributed by atoms with E-state index in [1.165, 1.54) is 21.9 Å². The first kappa shape index (κ1) is 18.2. The molecule has 0 spiro atoms. The monoisotopic (exact) mass is 410 g/mol. The standard InChI is InChI=1S/C21H23N5O2S/c1-2-17-22-21-26(23-17)20(27)19(29-21)18(16-9-6-14-28-16)25-12-10-24(11-13-25)15-7-4-3-5-8-15/h3-9,14,18,27H,2,10-13H2,1H3/p+1/t18-/m0/s1. The predicted octanol–water partition coefficient (Wildman–Crippen LogP) is 2.15. The largest absolute Gasteiger partial charge is 0.492 e. The van der Waals surface area contributed by atoms with Gasteiger partial charge in [0.15, 0.2) is 17.6 Å². The molecule has 7 nitrogen and oxygen atoms in total. The number of furan rings is 1. The van der Waals surface area contributed by atoms with E-state index in [2.05, 4.69) is 39.2 Å². The van der Waals surface area contributed by atoms with Crippen molar-refractivity contribution in [2.75, 3.05) is 31.1 Å². The van der Waals surface area contributed by atoms with E-state index in [1.54, 1.807) is 10.8 Å². The molecule has 29 heavy (non-hydrogen) atoms. The van der Waals surface area contributed by atoms with Gasteiger partial charge in [-0.25, -0.2) is 4.98 Å². The molecule has 0 aliphatic carbocycles. The number of para-hydroxylation sites is 1. The molecular formula is C21H24N5O2S+. The summed E-state index contributed by atoms with van der Waals surface area (Å²) in [5.41, 5.74) is 1.26. The number of hydrogen-bond acceptors (Lipinski definition) is 6. The lowest BCUT2D eigenvalue weighted by Crippen LogP contribution is -3.15. The molecule has 1 fully saturated rings. The lowest BCUT2D eigenvalue weighted by Gasteiger charge is -2.36. The highest BCUT2D eigenvalue weighted by molar-refractivity contribution is 7.17. The van der Waals surface area contributed by atoms with E-state index in [4.69, 9.17) is 4.42 Å². The number of quaternary nitrogens is 1. The van der Waals surface area contributed by atoms with Crippen LogP contribution in [-0.4, -0.2) is 45.9 Å². The minimum atomic E-state index is -0.0681. The number of aromatic hydroxyl groups is 1. The smallest absolute Gasteiger partial charge is 0.235 e. The molecule has 0 bridgehead atoms. The van der Waals surface area contributed by atoms with Crippen LogP contribution in [0.4, 0.5) is 5.69 Å². The van der Waals surface area contributed by atoms with E-state index >= 15 is 0 Å². The van der Waals surface area contributed by atoms with Gasteiger partial charge in [-0.2, -0.15) is 4.52 Å². The van der Waals surface area contributed by atoms with Crippen molar-refractivity contribution in [2.45, 2.75) is 19.4 Å². The third-order valence-corrected chi connectivity index (χ3v) is 6.67. The fourth-order valence-electron chi connectivity index (χ4n) is 4.08. The van der Waals surface area contributed by atoms with E-state index in [9.17, 15) is 5.11 Å². The average Bonchev–Trinajstić information content (AvgIpc) is 3.49. The van der Waals surface area contributed by atoms with E-state index in [0.717, 1.165) is 54.0 Å². The highest BCUT2D eigenvalue weighted by atomic mass is 32.1. The SMILES string of the molecule is CCc1nc2sc([C@H](c3ccco3)[NH+]3CCN(c4ccccc4)CC3)c(O)n2n1. The Morgan fingerprint density at radius 2 is 1.97 bits per heavy atom. The fraction of sp³-hybridized carbons (Fsp3) is 0.333. The summed E-state index contributed by atoms with van der Waals surface area (Å²) in [4.78, 5) is 9.92. The molecule has 4 heterocycles. The number of fused-ring (bicyclic) bond motifs is 1. The number of piperazine rings is 1. The minimum Gasteiger partial charge on any atom is -0.492 e. The van der Waals surface area contributed by atoms with Gasteiger partial charge in [-0.1, -0.05) is 36.5 Å². The Bertz CT molecular complexity index is 1080. The van der Waals surface area contributed by atoms with Crippen molar-refractivity contribution in [1.82, 2.24) is 14.6 Å². The number of rotatable bonds is 5. The van der Waals surface area contributed by atoms with Crippen LogP contribution in [0.15, 0.2) is 53.1 Å². The zero-order valence-electron chi connectivity index (χ0n) is 16.3. The van der Waals surface area contributed by atoms with Gasteiger partial charge in [-0.3, -0.25) is 0 Å². The van der Waals surface area contributed by atoms with Crippen LogP contribution < -0.4 is 9.80 Å². The van der Waals surface area contributed by atoms with Crippen LogP contribution in [0, 0.1) is 0 Å². The first-order chi connectivity index (χ1) is 14.2. The maximum Gasteiger partial charge on any atom is 0.235 e. The third-order valence-electron chi connectivity index (χ3n) is 5.58. The molecule has 1 atom stereocenters. The number of aryl methyl sites for hydroxylation is 1. The van der Waals surface area contributed by atoms with E-state index in [0.29, 0.717) is 0 Å². The predicted molar refractivity (Wildman–Crippen MR) is 112 cm³/mol. The number of nitrogens with zero attached hydrogens (tertiary/aromatic N) is 4. The maximum absolute atomic E-state index is 10.9. The number of aromatic nitrogens is 3. The second-order valence-corrected chi connectivity index (χ2v) is 8.30. The highest BCUT2D eigenvalue weighted by Crippen LogP contribution is 2.35. The van der Waals surface area contributed by atoms with Crippen molar-refractivity contribution in [3.05, 3.63) is 65.2 Å². The molecule has 1 aliphatic heterocycles. The minimum absolute atomic E-state index is 0.0681. The Morgan fingerprint density at radius 1 is 1.17 bits per heavy atom. The molecular weight excluding hydrogens is 386 g/mol. The molecule has 0 unspecified atom stereocenters. The van der Waals surface area contributed by atoms with Crippen LogP contribution >= 0.6 is 11.3 Å². The molecule has 0 amide bonds. The number of thiazole rings is 1. The van der Waals surface area contributed by atoms with E-state index < -0.39 is 0 Å². The number of hydrogen-bond donors (Lipinski definition) is 2. The summed E-state index contributed by atoms with van der Waals surface area (Å²) in [6.45, 7) is 5.83. The summed E-state index contributed by atoms with van der Waals surface area (Å²) < 4.78 is 7.36. The van der Waals surface area contributed by atoms with Crippen molar-refractivity contribution >= 4 is 22.0 Å². The average molecular weight is 411 g/mol. The molecule has 1 saturated heterocycles. The van der Waals surface area contributed by atoms with Gasteiger partial charge >= 0.3 is 0 Å². The lowest BCUT2D eigenvalue weighted by molar-refractivity contribution is -0.926. The molecule has 150 valence electrons. The molecule has 1 aliphatic rings. The Hall–Kier alpha value is -2.84. The van der Waals surface area contributed by atoms with Crippen LogP contribution in [0.25, 0.3) is 4.96 Å². The van der Waals surface area contributed by atoms with Crippen LogP contribution in [0.5, 0.6) is 5.88 Å². The molecule has 8 heteroatoms. The van der Waals surface area contributed by atoms with E-state index in [1.807, 2.05) is 25.1 Å². The Labute approximate surface area is 172 Å². The van der Waals surface area contributed by atoms with Gasteiger partial charge < -0.3 is 19.3 Å². The van der Waals surface area contributed by atoms with E-state index in [-0.39, 0.29) is 11.9 Å². The van der Waals surface area contributed by atoms with Crippen molar-refractivity contribution in [3.8, 4) is 5.88 Å². The summed E-state index contributed by atoms with van der Waals surface area (Å²) in [5.74, 6) is 1.79. The summed E-state index contributed by atoms with van der Waals surface area (Å²) in [6.07, 6.45) is 2.45. The Kier molecular flexibility index (Phi) is 4.73. The summed E-state index contributed by atoms with van der Waals surface area (Å²) in [6, 6.07) is 14.4. The zero-order valence-corrected chi connectivity index (χ0v) is 17.1. The quantitative estimate of drug-likeness (QED) is 0.528. The van der Waals surface area contributed by atoms with Gasteiger partial charge in [0.05, 0.1) is 32.4 Å². The van der Waals surface area contributed by atoms with Crippen molar-refractivity contribution < 1.29 is 14.4 Å². The topological polar surface area (TPSA) is 71.2 Å². The van der Waals surface area contributed by atoms with Gasteiger partial charge in [0.25, 0.3) is 0 Å². The third kappa shape index (κ3) is 3.28. The van der Waals surface area contributed by atoms with Gasteiger partial charge in [-0.15, -0.1) is 5.10 Å². The second-order valence-electron chi connectivity index (χ2n) is 7.30. The Balaban J connectivity index is 1.45. The first-order valence-corrected chi connectivity index (χ1v) is 10.8. The summed E-state index contributed by atoms with van der Waals surface area (Å²) in [5, 5.41) is 15.4. The van der Waals surface area contributed by atoms with Crippen LogP contribution in [0.2, 0.25) is 0 Å². The molecule has 3 aromatic heterocycles. The summed E-state index contributed by atoms with van der Waals surface area (Å²) >= 11 is 1.50. The van der Waals surface area contributed by atoms with Gasteiger partial charge in [0, 0.05) is 12.1 Å². The molecule has 5 rings (SSSR count). The molecule has 1 aromatic carbocycles. The molecule has 2 N–H and O–H groups in total.